The Kier molecular flexibility index (Phi) is 5.64. The van der Waals surface area contributed by atoms with Crippen molar-refractivity contribution in [3.05, 3.63) is 77.5 Å². The van der Waals surface area contributed by atoms with Gasteiger partial charge in [-0.1, -0.05) is 75.0 Å². The molecule has 3 heteroatoms. The van der Waals surface area contributed by atoms with Crippen LogP contribution in [0.5, 0.6) is 0 Å². The molecule has 6 rings (SSSR count). The van der Waals surface area contributed by atoms with Gasteiger partial charge in [-0.05, 0) is 83.3 Å². The number of benzene rings is 4. The summed E-state index contributed by atoms with van der Waals surface area (Å²) in [5, 5.41) is 17.5. The molecule has 0 saturated heterocycles. The summed E-state index contributed by atoms with van der Waals surface area (Å²) in [4.78, 5) is 2.74. The van der Waals surface area contributed by atoms with Gasteiger partial charge in [-0.15, -0.1) is 0 Å². The van der Waals surface area contributed by atoms with E-state index in [1.165, 1.54) is 70.1 Å². The first-order chi connectivity index (χ1) is 18.0. The standard InChI is InChI=1S/C35H35N2S/c1-21-24-10-8-9-11-26(24)28(19-34(2,3)4)33-30(21)32-31-27(14-15-37(32)7)25-13-12-22(18-35(5,6)20-36)16-23(25)17-29(31)38-33/h8-17H,18-19H2,1-7H3/q+1. The lowest BCUT2D eigenvalue weighted by molar-refractivity contribution is -0.659. The molecule has 0 atom stereocenters. The molecule has 0 saturated carbocycles. The Morgan fingerprint density at radius 3 is 2.32 bits per heavy atom. The van der Waals surface area contributed by atoms with E-state index in [9.17, 15) is 5.26 Å². The van der Waals surface area contributed by atoms with E-state index in [4.69, 9.17) is 0 Å². The van der Waals surface area contributed by atoms with Crippen molar-refractivity contribution in [2.24, 2.45) is 17.9 Å². The first-order valence-corrected chi connectivity index (χ1v) is 14.3. The van der Waals surface area contributed by atoms with E-state index >= 15 is 0 Å². The van der Waals surface area contributed by atoms with E-state index in [1.54, 1.807) is 0 Å². The highest BCUT2D eigenvalue weighted by molar-refractivity contribution is 8.00. The molecule has 1 aliphatic heterocycles. The third-order valence-corrected chi connectivity index (χ3v) is 9.10. The van der Waals surface area contributed by atoms with Crippen LogP contribution in [0.2, 0.25) is 0 Å². The predicted molar refractivity (Wildman–Crippen MR) is 161 cm³/mol. The molecule has 0 bridgehead atoms. The average molecular weight is 516 g/mol. The summed E-state index contributed by atoms with van der Waals surface area (Å²) in [6, 6.07) is 22.9. The molecule has 2 nitrogen and oxygen atoms in total. The van der Waals surface area contributed by atoms with Gasteiger partial charge >= 0.3 is 0 Å². The summed E-state index contributed by atoms with van der Waals surface area (Å²) in [5.74, 6) is 0. The Balaban J connectivity index is 1.69. The monoisotopic (exact) mass is 515 g/mol. The van der Waals surface area contributed by atoms with Crippen molar-refractivity contribution < 1.29 is 4.57 Å². The molecule has 0 radical (unpaired) electrons. The van der Waals surface area contributed by atoms with Crippen LogP contribution >= 0.6 is 11.8 Å². The number of nitriles is 1. The maximum atomic E-state index is 9.60. The number of fused-ring (bicyclic) bond motifs is 5. The fraction of sp³-hybridized carbons (Fsp3) is 0.314. The maximum absolute atomic E-state index is 9.60. The van der Waals surface area contributed by atoms with Gasteiger partial charge in [0.15, 0.2) is 6.20 Å². The minimum Gasteiger partial charge on any atom is -0.200 e. The summed E-state index contributed by atoms with van der Waals surface area (Å²) in [6.45, 7) is 13.4. The molecule has 2 heterocycles. The molecule has 1 aliphatic rings. The number of pyridine rings is 1. The van der Waals surface area contributed by atoms with E-state index in [2.05, 4.69) is 106 Å². The number of hydrogen-bond donors (Lipinski definition) is 0. The Bertz CT molecular complexity index is 1830. The Morgan fingerprint density at radius 2 is 1.61 bits per heavy atom. The van der Waals surface area contributed by atoms with Gasteiger partial charge in [0.25, 0.3) is 0 Å². The Labute approximate surface area is 230 Å². The lowest BCUT2D eigenvalue weighted by Gasteiger charge is -2.28. The third-order valence-electron chi connectivity index (χ3n) is 7.90. The number of nitrogens with zero attached hydrogens (tertiary/aromatic N) is 2. The molecule has 0 fully saturated rings. The normalized spacial score (nSPS) is 13.2. The van der Waals surface area contributed by atoms with Crippen molar-refractivity contribution in [3.63, 3.8) is 0 Å². The first-order valence-electron chi connectivity index (χ1n) is 13.5. The van der Waals surface area contributed by atoms with Crippen molar-refractivity contribution >= 4 is 44.1 Å². The van der Waals surface area contributed by atoms with Crippen LogP contribution in [-0.4, -0.2) is 0 Å². The summed E-state index contributed by atoms with van der Waals surface area (Å²) in [7, 11) is 2.19. The van der Waals surface area contributed by atoms with Crippen LogP contribution in [0.15, 0.2) is 70.6 Å². The fourth-order valence-corrected chi connectivity index (χ4v) is 7.59. The topological polar surface area (TPSA) is 27.7 Å². The summed E-state index contributed by atoms with van der Waals surface area (Å²) < 4.78 is 2.32. The van der Waals surface area contributed by atoms with Gasteiger partial charge in [-0.2, -0.15) is 5.26 Å². The second-order valence-electron chi connectivity index (χ2n) is 12.9. The largest absolute Gasteiger partial charge is 0.222 e. The van der Waals surface area contributed by atoms with Crippen LogP contribution in [0.4, 0.5) is 0 Å². The molecule has 0 aliphatic carbocycles. The SMILES string of the molecule is Cc1c2c(c(CC(C)(C)C)c3ccccc13)Sc1cc3cc(CC(C)(C)C#N)ccc3c3cc[n+](C)c-2c13. The van der Waals surface area contributed by atoms with Gasteiger partial charge in [-0.3, -0.25) is 0 Å². The number of rotatable bonds is 3. The number of aromatic nitrogens is 1. The molecule has 5 aromatic rings. The minimum atomic E-state index is -0.381. The van der Waals surface area contributed by atoms with Crippen molar-refractivity contribution in [2.75, 3.05) is 0 Å². The van der Waals surface area contributed by atoms with Gasteiger partial charge < -0.3 is 0 Å². The van der Waals surface area contributed by atoms with Crippen molar-refractivity contribution in [2.45, 2.75) is 64.2 Å². The molecule has 0 amide bonds. The average Bonchev–Trinajstić information content (AvgIpc) is 2.86. The van der Waals surface area contributed by atoms with Gasteiger partial charge in [0, 0.05) is 21.2 Å². The van der Waals surface area contributed by atoms with E-state index in [1.807, 2.05) is 25.6 Å². The summed E-state index contributed by atoms with van der Waals surface area (Å²) in [6.07, 6.45) is 4.00. The quantitative estimate of drug-likeness (QED) is 0.174. The molecule has 190 valence electrons. The highest BCUT2D eigenvalue weighted by Crippen LogP contribution is 2.53. The molecule has 38 heavy (non-hydrogen) atoms. The zero-order valence-corrected chi connectivity index (χ0v) is 24.3. The van der Waals surface area contributed by atoms with Crippen LogP contribution in [0.25, 0.3) is 43.6 Å². The molecule has 0 N–H and O–H groups in total. The predicted octanol–water partition coefficient (Wildman–Crippen LogP) is 9.09. The highest BCUT2D eigenvalue weighted by atomic mass is 32.2. The van der Waals surface area contributed by atoms with Crippen LogP contribution in [0.1, 0.15) is 51.3 Å². The Morgan fingerprint density at radius 1 is 0.868 bits per heavy atom. The third kappa shape index (κ3) is 3.98. The molecule has 0 unspecified atom stereocenters. The second kappa shape index (κ2) is 8.58. The minimum absolute atomic E-state index is 0.173. The summed E-state index contributed by atoms with van der Waals surface area (Å²) >= 11 is 1.95. The molecule has 0 spiro atoms. The Hall–Kier alpha value is -3.35. The van der Waals surface area contributed by atoms with Crippen LogP contribution in [-0.2, 0) is 19.9 Å². The lowest BCUT2D eigenvalue weighted by atomic mass is 9.83. The smallest absolute Gasteiger partial charge is 0.200 e. The van der Waals surface area contributed by atoms with Crippen molar-refractivity contribution in [1.29, 1.82) is 5.26 Å². The zero-order chi connectivity index (χ0) is 27.0. The van der Waals surface area contributed by atoms with Crippen LogP contribution < -0.4 is 4.57 Å². The zero-order valence-electron chi connectivity index (χ0n) is 23.5. The van der Waals surface area contributed by atoms with Gasteiger partial charge in [-0.25, -0.2) is 4.57 Å². The van der Waals surface area contributed by atoms with Crippen molar-refractivity contribution in [1.82, 2.24) is 0 Å². The number of aryl methyl sites for hydroxylation is 2. The van der Waals surface area contributed by atoms with Gasteiger partial charge in [0.05, 0.1) is 22.4 Å². The maximum Gasteiger partial charge on any atom is 0.222 e. The van der Waals surface area contributed by atoms with Gasteiger partial charge in [0.1, 0.15) is 7.05 Å². The van der Waals surface area contributed by atoms with E-state index in [0.717, 1.165) is 12.8 Å². The fourth-order valence-electron chi connectivity index (χ4n) is 6.22. The van der Waals surface area contributed by atoms with Crippen LogP contribution in [0, 0.1) is 29.1 Å². The highest BCUT2D eigenvalue weighted by Gasteiger charge is 2.33. The summed E-state index contributed by atoms with van der Waals surface area (Å²) in [5.41, 5.74) is 6.55. The molecule has 4 aromatic carbocycles. The van der Waals surface area contributed by atoms with E-state index in [0.29, 0.717) is 0 Å². The lowest BCUT2D eigenvalue weighted by Crippen LogP contribution is -2.32. The first kappa shape index (κ1) is 25.0. The van der Waals surface area contributed by atoms with E-state index in [-0.39, 0.29) is 10.8 Å². The second-order valence-corrected chi connectivity index (χ2v) is 13.9. The van der Waals surface area contributed by atoms with Crippen LogP contribution in [0.3, 0.4) is 0 Å². The molecular formula is C35H35N2S+. The number of hydrogen-bond acceptors (Lipinski definition) is 2. The molecular weight excluding hydrogens is 480 g/mol. The van der Waals surface area contributed by atoms with E-state index < -0.39 is 0 Å². The van der Waals surface area contributed by atoms with Crippen molar-refractivity contribution in [3.8, 4) is 17.3 Å². The molecule has 1 aromatic heterocycles. The van der Waals surface area contributed by atoms with Gasteiger partial charge in [0.2, 0.25) is 5.69 Å².